The molecule has 0 amide bonds. The normalized spacial score (nSPS) is 28.2. The Morgan fingerprint density at radius 1 is 1.64 bits per heavy atom. The van der Waals surface area contributed by atoms with Gasteiger partial charge in [-0.15, -0.1) is 0 Å². The molecule has 0 spiro atoms. The topological polar surface area (TPSA) is 20.2 Å². The van der Waals surface area contributed by atoms with E-state index in [-0.39, 0.29) is 0 Å². The Kier molecular flexibility index (Phi) is 3.64. The summed E-state index contributed by atoms with van der Waals surface area (Å²) in [5.41, 5.74) is 1.60. The minimum absolute atomic E-state index is 0.305. The smallest absolute Gasteiger partial charge is 0.0465 e. The van der Waals surface area contributed by atoms with Crippen molar-refractivity contribution >= 4 is 0 Å². The molecule has 64 valence electrons. The molecule has 1 atom stereocenters. The van der Waals surface area contributed by atoms with Gasteiger partial charge in [0.1, 0.15) is 0 Å². The minimum Gasteiger partial charge on any atom is -0.396 e. The molecule has 1 aliphatic carbocycles. The van der Waals surface area contributed by atoms with Gasteiger partial charge in [-0.3, -0.25) is 0 Å². The maximum Gasteiger partial charge on any atom is 0.0465 e. The van der Waals surface area contributed by atoms with Crippen molar-refractivity contribution in [3.05, 3.63) is 11.6 Å². The molecule has 0 aliphatic heterocycles. The molecule has 0 bridgehead atoms. The molecule has 1 fully saturated rings. The first kappa shape index (κ1) is 8.79. The van der Waals surface area contributed by atoms with Crippen LogP contribution in [0, 0.1) is 5.92 Å². The first-order chi connectivity index (χ1) is 5.38. The molecular formula is C10H18O. The van der Waals surface area contributed by atoms with Crippen LogP contribution in [0.5, 0.6) is 0 Å². The van der Waals surface area contributed by atoms with E-state index in [4.69, 9.17) is 5.11 Å². The van der Waals surface area contributed by atoms with E-state index in [0.717, 1.165) is 12.3 Å². The number of allylic oxidation sites excluding steroid dienone is 1. The van der Waals surface area contributed by atoms with E-state index in [1.54, 1.807) is 5.57 Å². The van der Waals surface area contributed by atoms with Crippen LogP contribution >= 0.6 is 0 Å². The summed E-state index contributed by atoms with van der Waals surface area (Å²) in [6.45, 7) is 2.56. The second-order valence-electron chi connectivity index (χ2n) is 3.29. The van der Waals surface area contributed by atoms with Crippen molar-refractivity contribution in [3.8, 4) is 0 Å². The van der Waals surface area contributed by atoms with Crippen molar-refractivity contribution in [1.82, 2.24) is 0 Å². The monoisotopic (exact) mass is 154 g/mol. The number of aliphatic hydroxyl groups is 1. The number of rotatable bonds is 3. The van der Waals surface area contributed by atoms with E-state index >= 15 is 0 Å². The van der Waals surface area contributed by atoms with E-state index in [9.17, 15) is 0 Å². The van der Waals surface area contributed by atoms with Crippen molar-refractivity contribution in [2.45, 2.75) is 39.0 Å². The van der Waals surface area contributed by atoms with Crippen LogP contribution in [0.3, 0.4) is 0 Å². The van der Waals surface area contributed by atoms with Gasteiger partial charge in [0.15, 0.2) is 0 Å². The molecule has 1 saturated carbocycles. The fourth-order valence-electron chi connectivity index (χ4n) is 1.93. The molecule has 1 rings (SSSR count). The molecule has 0 heterocycles. The van der Waals surface area contributed by atoms with Gasteiger partial charge in [-0.1, -0.05) is 18.6 Å². The minimum atomic E-state index is 0.305. The van der Waals surface area contributed by atoms with Gasteiger partial charge in [-0.05, 0) is 38.0 Å². The largest absolute Gasteiger partial charge is 0.396 e. The highest BCUT2D eigenvalue weighted by Crippen LogP contribution is 2.33. The second kappa shape index (κ2) is 4.55. The van der Waals surface area contributed by atoms with Crippen LogP contribution in [0.1, 0.15) is 39.0 Å². The standard InChI is InChI=1S/C10H18O/c1-2-9-5-3-6-10(9)7-4-8-11/h7,9,11H,2-6,8H2,1H3/b10-7+. The Morgan fingerprint density at radius 2 is 2.45 bits per heavy atom. The van der Waals surface area contributed by atoms with E-state index < -0.39 is 0 Å². The van der Waals surface area contributed by atoms with Crippen molar-refractivity contribution < 1.29 is 5.11 Å². The molecule has 0 aromatic rings. The van der Waals surface area contributed by atoms with Gasteiger partial charge in [-0.25, -0.2) is 0 Å². The number of hydrogen-bond acceptors (Lipinski definition) is 1. The van der Waals surface area contributed by atoms with Gasteiger partial charge in [0.2, 0.25) is 0 Å². The van der Waals surface area contributed by atoms with Crippen LogP contribution in [0.25, 0.3) is 0 Å². The summed E-state index contributed by atoms with van der Waals surface area (Å²) in [5, 5.41) is 8.64. The molecular weight excluding hydrogens is 136 g/mol. The number of aliphatic hydroxyl groups excluding tert-OH is 1. The highest BCUT2D eigenvalue weighted by atomic mass is 16.2. The summed E-state index contributed by atoms with van der Waals surface area (Å²) in [5.74, 6) is 0.835. The van der Waals surface area contributed by atoms with Crippen molar-refractivity contribution in [2.24, 2.45) is 5.92 Å². The zero-order valence-corrected chi connectivity index (χ0v) is 7.34. The highest BCUT2D eigenvalue weighted by molar-refractivity contribution is 5.10. The number of hydrogen-bond donors (Lipinski definition) is 1. The van der Waals surface area contributed by atoms with E-state index in [0.29, 0.717) is 6.61 Å². The molecule has 0 aromatic heterocycles. The van der Waals surface area contributed by atoms with Crippen LogP contribution in [0.15, 0.2) is 11.6 Å². The molecule has 0 radical (unpaired) electrons. The predicted molar refractivity (Wildman–Crippen MR) is 47.4 cm³/mol. The van der Waals surface area contributed by atoms with Crippen molar-refractivity contribution in [3.63, 3.8) is 0 Å². The quantitative estimate of drug-likeness (QED) is 0.619. The van der Waals surface area contributed by atoms with E-state index in [1.807, 2.05) is 0 Å². The summed E-state index contributed by atoms with van der Waals surface area (Å²) >= 11 is 0. The molecule has 1 heteroatoms. The molecule has 0 saturated heterocycles. The average Bonchev–Trinajstić information content (AvgIpc) is 2.47. The van der Waals surface area contributed by atoms with Gasteiger partial charge < -0.3 is 5.11 Å². The van der Waals surface area contributed by atoms with Crippen LogP contribution in [0.2, 0.25) is 0 Å². The lowest BCUT2D eigenvalue weighted by Gasteiger charge is -2.07. The maximum absolute atomic E-state index is 8.64. The average molecular weight is 154 g/mol. The second-order valence-corrected chi connectivity index (χ2v) is 3.29. The third-order valence-electron chi connectivity index (χ3n) is 2.57. The highest BCUT2D eigenvalue weighted by Gasteiger charge is 2.17. The van der Waals surface area contributed by atoms with Crippen LogP contribution in [0.4, 0.5) is 0 Å². The lowest BCUT2D eigenvalue weighted by atomic mass is 9.99. The van der Waals surface area contributed by atoms with Crippen LogP contribution < -0.4 is 0 Å². The Hall–Kier alpha value is -0.300. The SMILES string of the molecule is CCC1CCC/C1=C\CCO. The predicted octanol–water partition coefficient (Wildman–Crippen LogP) is 2.51. The van der Waals surface area contributed by atoms with Gasteiger partial charge in [0, 0.05) is 6.61 Å². The molecule has 0 aromatic carbocycles. The Morgan fingerprint density at radius 3 is 3.09 bits per heavy atom. The summed E-state index contributed by atoms with van der Waals surface area (Å²) < 4.78 is 0. The first-order valence-corrected chi connectivity index (χ1v) is 4.68. The Labute approximate surface area is 69.1 Å². The van der Waals surface area contributed by atoms with Crippen molar-refractivity contribution in [2.75, 3.05) is 6.61 Å². The van der Waals surface area contributed by atoms with Gasteiger partial charge in [0.25, 0.3) is 0 Å². The molecule has 1 unspecified atom stereocenters. The third-order valence-corrected chi connectivity index (χ3v) is 2.57. The van der Waals surface area contributed by atoms with Gasteiger partial charge >= 0.3 is 0 Å². The van der Waals surface area contributed by atoms with Gasteiger partial charge in [-0.2, -0.15) is 0 Å². The lowest BCUT2D eigenvalue weighted by molar-refractivity contribution is 0.302. The lowest BCUT2D eigenvalue weighted by Crippen LogP contribution is -1.94. The molecule has 1 N–H and O–H groups in total. The summed E-state index contributed by atoms with van der Waals surface area (Å²) in [6.07, 6.45) is 8.37. The summed E-state index contributed by atoms with van der Waals surface area (Å²) in [7, 11) is 0. The third kappa shape index (κ3) is 2.33. The zero-order chi connectivity index (χ0) is 8.10. The maximum atomic E-state index is 8.64. The van der Waals surface area contributed by atoms with Gasteiger partial charge in [0.05, 0.1) is 0 Å². The molecule has 11 heavy (non-hydrogen) atoms. The Balaban J connectivity index is 2.42. The van der Waals surface area contributed by atoms with E-state index in [2.05, 4.69) is 13.0 Å². The van der Waals surface area contributed by atoms with E-state index in [1.165, 1.54) is 25.7 Å². The Bertz CT molecular complexity index is 138. The fraction of sp³-hybridized carbons (Fsp3) is 0.800. The van der Waals surface area contributed by atoms with Crippen LogP contribution in [-0.2, 0) is 0 Å². The first-order valence-electron chi connectivity index (χ1n) is 4.68. The summed E-state index contributed by atoms with van der Waals surface area (Å²) in [6, 6.07) is 0. The molecule has 1 aliphatic rings. The molecule has 1 nitrogen and oxygen atoms in total. The summed E-state index contributed by atoms with van der Waals surface area (Å²) in [4.78, 5) is 0. The zero-order valence-electron chi connectivity index (χ0n) is 7.34. The van der Waals surface area contributed by atoms with Crippen molar-refractivity contribution in [1.29, 1.82) is 0 Å². The fourth-order valence-corrected chi connectivity index (χ4v) is 1.93. The van der Waals surface area contributed by atoms with Crippen LogP contribution in [-0.4, -0.2) is 11.7 Å².